The maximum Gasteiger partial charge on any atom is 0.320 e. The highest BCUT2D eigenvalue weighted by Crippen LogP contribution is 2.09. The first-order valence-electron chi connectivity index (χ1n) is 7.73. The van der Waals surface area contributed by atoms with Crippen LogP contribution in [0, 0.1) is 0 Å². The second-order valence-electron chi connectivity index (χ2n) is 5.94. The Kier molecular flexibility index (Phi) is 5.81. The van der Waals surface area contributed by atoms with Gasteiger partial charge in [0, 0.05) is 45.8 Å². The number of carbonyl (C=O) groups excluding carboxylic acids is 1. The molecule has 0 aliphatic carbocycles. The number of rotatable bonds is 2. The predicted octanol–water partition coefficient (Wildman–Crippen LogP) is -0.164. The molecule has 1 N–H and O–H groups in total. The van der Waals surface area contributed by atoms with E-state index in [1.165, 1.54) is 0 Å². The van der Waals surface area contributed by atoms with Crippen LogP contribution in [0.2, 0.25) is 0 Å². The lowest BCUT2D eigenvalue weighted by atomic mass is 10.3. The number of aliphatic carboxylic acids is 1. The lowest BCUT2D eigenvalue weighted by molar-refractivity contribution is -0.138. The van der Waals surface area contributed by atoms with Crippen molar-refractivity contribution in [3.05, 3.63) is 0 Å². The Bertz CT molecular complexity index is 377. The summed E-state index contributed by atoms with van der Waals surface area (Å²) in [4.78, 5) is 31.4. The summed E-state index contributed by atoms with van der Waals surface area (Å²) in [5.74, 6) is -0.801. The van der Waals surface area contributed by atoms with E-state index in [0.29, 0.717) is 13.1 Å². The molecule has 120 valence electrons. The summed E-state index contributed by atoms with van der Waals surface area (Å²) >= 11 is 0. The zero-order chi connectivity index (χ0) is 15.2. The summed E-state index contributed by atoms with van der Waals surface area (Å²) in [5, 5.41) is 8.86. The van der Waals surface area contributed by atoms with Gasteiger partial charge >= 0.3 is 12.0 Å². The highest BCUT2D eigenvalue weighted by molar-refractivity contribution is 5.74. The van der Waals surface area contributed by atoms with Crippen LogP contribution < -0.4 is 0 Å². The number of likely N-dealkylation sites (N-methyl/N-ethyl adjacent to an activating group) is 1. The Balaban J connectivity index is 1.86. The van der Waals surface area contributed by atoms with E-state index in [-0.39, 0.29) is 12.6 Å². The number of urea groups is 1. The van der Waals surface area contributed by atoms with Crippen LogP contribution >= 0.6 is 0 Å². The topological polar surface area (TPSA) is 67.3 Å². The summed E-state index contributed by atoms with van der Waals surface area (Å²) < 4.78 is 0. The van der Waals surface area contributed by atoms with Crippen LogP contribution in [0.25, 0.3) is 0 Å². The molecular formula is C14H26N4O3. The van der Waals surface area contributed by atoms with Gasteiger partial charge in [-0.05, 0) is 26.4 Å². The first kappa shape index (κ1) is 16.0. The van der Waals surface area contributed by atoms with Crippen molar-refractivity contribution in [2.75, 3.05) is 66.0 Å². The number of hydrogen-bond donors (Lipinski definition) is 1. The molecule has 0 radical (unpaired) electrons. The molecule has 21 heavy (non-hydrogen) atoms. The van der Waals surface area contributed by atoms with Crippen LogP contribution in [-0.4, -0.2) is 103 Å². The van der Waals surface area contributed by atoms with E-state index in [4.69, 9.17) is 5.11 Å². The summed E-state index contributed by atoms with van der Waals surface area (Å²) in [5.41, 5.74) is 0. The molecule has 2 saturated heterocycles. The fourth-order valence-electron chi connectivity index (χ4n) is 2.95. The van der Waals surface area contributed by atoms with Gasteiger partial charge in [0.2, 0.25) is 0 Å². The van der Waals surface area contributed by atoms with E-state index in [1.54, 1.807) is 0 Å². The minimum absolute atomic E-state index is 0.0660. The number of amides is 2. The molecule has 0 aromatic heterocycles. The van der Waals surface area contributed by atoms with Crippen molar-refractivity contribution in [2.45, 2.75) is 12.8 Å². The van der Waals surface area contributed by atoms with Crippen molar-refractivity contribution in [3.63, 3.8) is 0 Å². The van der Waals surface area contributed by atoms with Crippen molar-refractivity contribution >= 4 is 12.0 Å². The lowest BCUT2D eigenvalue weighted by Crippen LogP contribution is -2.46. The SMILES string of the molecule is CN1CCCN(C(=O)N2CCCN(CC(=O)O)CC2)CC1. The summed E-state index contributed by atoms with van der Waals surface area (Å²) in [6, 6.07) is 0.113. The maximum absolute atomic E-state index is 12.6. The number of hydrogen-bond acceptors (Lipinski definition) is 4. The maximum atomic E-state index is 12.6. The molecule has 7 nitrogen and oxygen atoms in total. The molecule has 2 heterocycles. The van der Waals surface area contributed by atoms with Crippen molar-refractivity contribution in [1.82, 2.24) is 19.6 Å². The van der Waals surface area contributed by atoms with E-state index in [9.17, 15) is 9.59 Å². The zero-order valence-electron chi connectivity index (χ0n) is 12.8. The van der Waals surface area contributed by atoms with Gasteiger partial charge in [-0.2, -0.15) is 0 Å². The van der Waals surface area contributed by atoms with Gasteiger partial charge in [-0.15, -0.1) is 0 Å². The van der Waals surface area contributed by atoms with Gasteiger partial charge in [0.25, 0.3) is 0 Å². The number of carboxylic acid groups (broad SMARTS) is 1. The van der Waals surface area contributed by atoms with Crippen molar-refractivity contribution in [2.24, 2.45) is 0 Å². The third kappa shape index (κ3) is 4.86. The number of nitrogens with zero attached hydrogens (tertiary/aromatic N) is 4. The molecule has 0 saturated carbocycles. The van der Waals surface area contributed by atoms with Gasteiger partial charge in [-0.1, -0.05) is 0 Å². The van der Waals surface area contributed by atoms with E-state index >= 15 is 0 Å². The van der Waals surface area contributed by atoms with Crippen LogP contribution in [0.3, 0.4) is 0 Å². The quantitative estimate of drug-likeness (QED) is 0.767. The van der Waals surface area contributed by atoms with Gasteiger partial charge in [-0.25, -0.2) is 4.79 Å². The molecule has 0 aromatic rings. The van der Waals surface area contributed by atoms with E-state index in [0.717, 1.165) is 52.1 Å². The highest BCUT2D eigenvalue weighted by Gasteiger charge is 2.25. The molecule has 0 atom stereocenters. The summed E-state index contributed by atoms with van der Waals surface area (Å²) in [6.07, 6.45) is 1.86. The van der Waals surface area contributed by atoms with Crippen molar-refractivity contribution in [3.8, 4) is 0 Å². The van der Waals surface area contributed by atoms with E-state index in [2.05, 4.69) is 11.9 Å². The molecule has 0 spiro atoms. The Hall–Kier alpha value is -1.34. The summed E-state index contributed by atoms with van der Waals surface area (Å²) in [7, 11) is 2.09. The number of carbonyl (C=O) groups is 2. The molecule has 2 amide bonds. The second-order valence-corrected chi connectivity index (χ2v) is 5.94. The third-order valence-electron chi connectivity index (χ3n) is 4.21. The predicted molar refractivity (Wildman–Crippen MR) is 79.3 cm³/mol. The van der Waals surface area contributed by atoms with Crippen LogP contribution in [0.4, 0.5) is 4.79 Å². The van der Waals surface area contributed by atoms with Gasteiger partial charge < -0.3 is 19.8 Å². The average molecular weight is 298 g/mol. The Morgan fingerprint density at radius 2 is 1.48 bits per heavy atom. The van der Waals surface area contributed by atoms with Crippen LogP contribution in [0.1, 0.15) is 12.8 Å². The van der Waals surface area contributed by atoms with Gasteiger partial charge in [-0.3, -0.25) is 9.69 Å². The lowest BCUT2D eigenvalue weighted by Gasteiger charge is -2.29. The Labute approximate surface area is 126 Å². The molecule has 2 fully saturated rings. The molecule has 2 rings (SSSR count). The zero-order valence-corrected chi connectivity index (χ0v) is 12.8. The molecule has 2 aliphatic heterocycles. The fraction of sp³-hybridized carbons (Fsp3) is 0.857. The molecule has 0 bridgehead atoms. The van der Waals surface area contributed by atoms with Gasteiger partial charge in [0.05, 0.1) is 6.54 Å². The minimum atomic E-state index is -0.801. The van der Waals surface area contributed by atoms with E-state index < -0.39 is 5.97 Å². The first-order valence-corrected chi connectivity index (χ1v) is 7.73. The molecular weight excluding hydrogens is 272 g/mol. The number of carboxylic acids is 1. The molecule has 0 unspecified atom stereocenters. The molecule has 0 aromatic carbocycles. The van der Waals surface area contributed by atoms with Crippen molar-refractivity contribution < 1.29 is 14.7 Å². The fourth-order valence-corrected chi connectivity index (χ4v) is 2.95. The van der Waals surface area contributed by atoms with Gasteiger partial charge in [0.1, 0.15) is 0 Å². The van der Waals surface area contributed by atoms with E-state index in [1.807, 2.05) is 14.7 Å². The average Bonchev–Trinajstić information content (AvgIpc) is 2.78. The van der Waals surface area contributed by atoms with Crippen LogP contribution in [0.5, 0.6) is 0 Å². The summed E-state index contributed by atoms with van der Waals surface area (Å²) in [6.45, 7) is 6.37. The Morgan fingerprint density at radius 3 is 2.14 bits per heavy atom. The molecule has 7 heteroatoms. The normalized spacial score (nSPS) is 22.7. The third-order valence-corrected chi connectivity index (χ3v) is 4.21. The smallest absolute Gasteiger partial charge is 0.320 e. The van der Waals surface area contributed by atoms with Gasteiger partial charge in [0.15, 0.2) is 0 Å². The standard InChI is InChI=1S/C14H26N4O3/c1-15-4-2-6-17(10-8-15)14(21)18-7-3-5-16(9-11-18)12-13(19)20/h2-12H2,1H3,(H,19,20). The largest absolute Gasteiger partial charge is 0.480 e. The monoisotopic (exact) mass is 298 g/mol. The van der Waals surface area contributed by atoms with Crippen LogP contribution in [-0.2, 0) is 4.79 Å². The second kappa shape index (κ2) is 7.61. The van der Waals surface area contributed by atoms with Crippen molar-refractivity contribution in [1.29, 1.82) is 0 Å². The highest BCUT2D eigenvalue weighted by atomic mass is 16.4. The minimum Gasteiger partial charge on any atom is -0.480 e. The first-order chi connectivity index (χ1) is 10.1. The molecule has 2 aliphatic rings. The van der Waals surface area contributed by atoms with Crippen LogP contribution in [0.15, 0.2) is 0 Å². The Morgan fingerprint density at radius 1 is 0.857 bits per heavy atom.